The second-order valence-corrected chi connectivity index (χ2v) is 4.66. The van der Waals surface area contributed by atoms with Gasteiger partial charge in [-0.25, -0.2) is 0 Å². The number of aromatic hydroxyl groups is 1. The molecule has 0 fully saturated rings. The molecule has 1 aromatic heterocycles. The lowest BCUT2D eigenvalue weighted by molar-refractivity contribution is 0.273. The van der Waals surface area contributed by atoms with Crippen LogP contribution in [0.15, 0.2) is 6.20 Å². The van der Waals surface area contributed by atoms with E-state index in [4.69, 9.17) is 5.11 Å². The average molecular weight is 325 g/mol. The minimum atomic E-state index is -0.181. The number of halogens is 2. The van der Waals surface area contributed by atoms with E-state index in [-0.39, 0.29) is 17.2 Å². The first-order valence-electron chi connectivity index (χ1n) is 4.10. The van der Waals surface area contributed by atoms with Crippen molar-refractivity contribution in [2.75, 3.05) is 5.33 Å². The van der Waals surface area contributed by atoms with Gasteiger partial charge in [0.1, 0.15) is 5.75 Å². The van der Waals surface area contributed by atoms with E-state index >= 15 is 0 Å². The molecule has 5 heteroatoms. The molecule has 14 heavy (non-hydrogen) atoms. The largest absolute Gasteiger partial charge is 0.506 e. The van der Waals surface area contributed by atoms with Gasteiger partial charge >= 0.3 is 0 Å². The summed E-state index contributed by atoms with van der Waals surface area (Å²) in [5, 5.41) is 19.5. The summed E-state index contributed by atoms with van der Waals surface area (Å²) < 4.78 is 0. The maximum absolute atomic E-state index is 9.66. The first-order chi connectivity index (χ1) is 6.61. The Morgan fingerprint density at radius 1 is 1.57 bits per heavy atom. The van der Waals surface area contributed by atoms with Crippen LogP contribution in [0.2, 0.25) is 0 Å². The molecule has 3 nitrogen and oxygen atoms in total. The quantitative estimate of drug-likeness (QED) is 0.840. The summed E-state index contributed by atoms with van der Waals surface area (Å²) >= 11 is 6.75. The Balaban J connectivity index is 3.23. The van der Waals surface area contributed by atoms with Crippen LogP contribution in [0.1, 0.15) is 21.6 Å². The predicted molar refractivity (Wildman–Crippen MR) is 62.0 cm³/mol. The minimum absolute atomic E-state index is 0.0450. The second kappa shape index (κ2) is 5.09. The Hall–Kier alpha value is -0.130. The summed E-state index contributed by atoms with van der Waals surface area (Å²) in [7, 11) is 0. The van der Waals surface area contributed by atoms with Crippen LogP contribution in [0.5, 0.6) is 5.75 Å². The lowest BCUT2D eigenvalue weighted by Crippen LogP contribution is -2.01. The third-order valence-corrected chi connectivity index (χ3v) is 4.34. The average Bonchev–Trinajstić information content (AvgIpc) is 2.20. The van der Waals surface area contributed by atoms with E-state index in [9.17, 15) is 5.11 Å². The van der Waals surface area contributed by atoms with Gasteiger partial charge in [-0.2, -0.15) is 0 Å². The summed E-state index contributed by atoms with van der Waals surface area (Å²) in [6.07, 6.45) is 1.67. The number of nitrogens with zero attached hydrogens (tertiary/aromatic N) is 1. The van der Waals surface area contributed by atoms with Crippen molar-refractivity contribution in [1.82, 2.24) is 4.98 Å². The standard InChI is InChI=1S/C9H11Br2NO2/c1-5-9(14)7(4-13)6(3-12-5)8(11)2-10/h3,8,13-14H,2,4H2,1H3. The number of aryl methyl sites for hydroxylation is 1. The SMILES string of the molecule is Cc1ncc(C(Br)CBr)c(CO)c1O. The Kier molecular flexibility index (Phi) is 4.34. The topological polar surface area (TPSA) is 53.4 Å². The van der Waals surface area contributed by atoms with Gasteiger partial charge in [0.2, 0.25) is 0 Å². The summed E-state index contributed by atoms with van der Waals surface area (Å²) in [5.41, 5.74) is 1.89. The lowest BCUT2D eigenvalue weighted by Gasteiger charge is -2.13. The second-order valence-electron chi connectivity index (χ2n) is 2.91. The fraction of sp³-hybridized carbons (Fsp3) is 0.444. The Morgan fingerprint density at radius 2 is 2.21 bits per heavy atom. The zero-order valence-corrected chi connectivity index (χ0v) is 10.8. The maximum atomic E-state index is 9.66. The number of aliphatic hydroxyl groups excluding tert-OH is 1. The Morgan fingerprint density at radius 3 is 2.71 bits per heavy atom. The highest BCUT2D eigenvalue weighted by atomic mass is 79.9. The van der Waals surface area contributed by atoms with Crippen LogP contribution in [-0.4, -0.2) is 20.5 Å². The highest BCUT2D eigenvalue weighted by Crippen LogP contribution is 2.32. The van der Waals surface area contributed by atoms with Crippen molar-refractivity contribution < 1.29 is 10.2 Å². The van der Waals surface area contributed by atoms with Gasteiger partial charge in [0, 0.05) is 17.1 Å². The molecule has 1 atom stereocenters. The fourth-order valence-electron chi connectivity index (χ4n) is 1.18. The number of pyridine rings is 1. The van der Waals surface area contributed by atoms with Crippen molar-refractivity contribution in [3.63, 3.8) is 0 Å². The third kappa shape index (κ3) is 2.27. The highest BCUT2D eigenvalue weighted by Gasteiger charge is 2.16. The van der Waals surface area contributed by atoms with E-state index in [1.54, 1.807) is 13.1 Å². The van der Waals surface area contributed by atoms with Crippen molar-refractivity contribution in [3.05, 3.63) is 23.0 Å². The van der Waals surface area contributed by atoms with E-state index in [0.717, 1.165) is 5.56 Å². The van der Waals surface area contributed by atoms with Crippen LogP contribution in [0, 0.1) is 6.92 Å². The summed E-state index contributed by atoms with van der Waals surface area (Å²) in [6.45, 7) is 1.52. The van der Waals surface area contributed by atoms with Crippen LogP contribution >= 0.6 is 31.9 Å². The van der Waals surface area contributed by atoms with Gasteiger partial charge < -0.3 is 10.2 Å². The molecule has 1 aromatic rings. The number of aromatic nitrogens is 1. The Bertz CT molecular complexity index is 331. The molecule has 0 radical (unpaired) electrons. The molecule has 1 unspecified atom stereocenters. The Labute approximate surface area is 99.4 Å². The molecule has 0 saturated heterocycles. The van der Waals surface area contributed by atoms with Crippen molar-refractivity contribution >= 4 is 31.9 Å². The molecule has 0 aliphatic rings. The molecule has 0 bridgehead atoms. The van der Waals surface area contributed by atoms with Gasteiger partial charge in [-0.3, -0.25) is 4.98 Å². The van der Waals surface area contributed by atoms with Crippen molar-refractivity contribution in [2.24, 2.45) is 0 Å². The minimum Gasteiger partial charge on any atom is -0.506 e. The zero-order valence-electron chi connectivity index (χ0n) is 7.67. The van der Waals surface area contributed by atoms with E-state index in [0.29, 0.717) is 16.6 Å². The molecular formula is C9H11Br2NO2. The summed E-state index contributed by atoms with van der Waals surface area (Å²) in [5.74, 6) is 0.0791. The van der Waals surface area contributed by atoms with Crippen LogP contribution in [0.3, 0.4) is 0 Å². The first-order valence-corrected chi connectivity index (χ1v) is 6.13. The molecule has 78 valence electrons. The molecule has 0 aromatic carbocycles. The van der Waals surface area contributed by atoms with Crippen LogP contribution in [0.4, 0.5) is 0 Å². The van der Waals surface area contributed by atoms with Crippen molar-refractivity contribution in [3.8, 4) is 5.75 Å². The van der Waals surface area contributed by atoms with Gasteiger partial charge in [0.15, 0.2) is 0 Å². The lowest BCUT2D eigenvalue weighted by atomic mass is 10.1. The number of hydrogen-bond acceptors (Lipinski definition) is 3. The molecule has 0 amide bonds. The van der Waals surface area contributed by atoms with Gasteiger partial charge in [-0.15, -0.1) is 0 Å². The van der Waals surface area contributed by atoms with E-state index in [1.165, 1.54) is 0 Å². The molecule has 0 spiro atoms. The number of alkyl halides is 2. The molecular weight excluding hydrogens is 314 g/mol. The smallest absolute Gasteiger partial charge is 0.142 e. The van der Waals surface area contributed by atoms with Gasteiger partial charge in [-0.05, 0) is 12.5 Å². The maximum Gasteiger partial charge on any atom is 0.142 e. The monoisotopic (exact) mass is 323 g/mol. The van der Waals surface area contributed by atoms with E-state index in [2.05, 4.69) is 36.8 Å². The summed E-state index contributed by atoms with van der Waals surface area (Å²) in [4.78, 5) is 4.09. The van der Waals surface area contributed by atoms with Gasteiger partial charge in [0.25, 0.3) is 0 Å². The summed E-state index contributed by atoms with van der Waals surface area (Å²) in [6, 6.07) is 0. The molecule has 2 N–H and O–H groups in total. The van der Waals surface area contributed by atoms with E-state index < -0.39 is 0 Å². The molecule has 0 saturated carbocycles. The fourth-order valence-corrected chi connectivity index (χ4v) is 1.92. The first kappa shape index (κ1) is 11.9. The number of hydrogen-bond donors (Lipinski definition) is 2. The molecule has 1 rings (SSSR count). The molecule has 1 heterocycles. The number of rotatable bonds is 3. The molecule has 0 aliphatic carbocycles. The van der Waals surface area contributed by atoms with Crippen molar-refractivity contribution in [1.29, 1.82) is 0 Å². The predicted octanol–water partition coefficient (Wildman–Crippen LogP) is 2.42. The molecule has 0 aliphatic heterocycles. The number of aliphatic hydroxyl groups is 1. The van der Waals surface area contributed by atoms with Crippen LogP contribution < -0.4 is 0 Å². The third-order valence-electron chi connectivity index (χ3n) is 2.01. The zero-order chi connectivity index (χ0) is 10.7. The van der Waals surface area contributed by atoms with Crippen LogP contribution in [0.25, 0.3) is 0 Å². The van der Waals surface area contributed by atoms with Gasteiger partial charge in [-0.1, -0.05) is 31.9 Å². The van der Waals surface area contributed by atoms with Crippen molar-refractivity contribution in [2.45, 2.75) is 18.4 Å². The van der Waals surface area contributed by atoms with E-state index in [1.807, 2.05) is 0 Å². The highest BCUT2D eigenvalue weighted by molar-refractivity contribution is 9.12. The normalized spacial score (nSPS) is 12.9. The van der Waals surface area contributed by atoms with Crippen LogP contribution in [-0.2, 0) is 6.61 Å². The van der Waals surface area contributed by atoms with Gasteiger partial charge in [0.05, 0.1) is 17.1 Å².